The fourth-order valence-electron chi connectivity index (χ4n) is 1.48. The molecule has 0 radical (unpaired) electrons. The van der Waals surface area contributed by atoms with Gasteiger partial charge in [-0.3, -0.25) is 0 Å². The third-order valence-corrected chi connectivity index (χ3v) is 2.43. The summed E-state index contributed by atoms with van der Waals surface area (Å²) >= 11 is 0. The van der Waals surface area contributed by atoms with Crippen molar-refractivity contribution in [2.75, 3.05) is 6.61 Å². The summed E-state index contributed by atoms with van der Waals surface area (Å²) in [4.78, 5) is 20.3. The van der Waals surface area contributed by atoms with Crippen molar-refractivity contribution in [2.24, 2.45) is 5.18 Å². The Morgan fingerprint density at radius 3 is 2.41 bits per heavy atom. The van der Waals surface area contributed by atoms with E-state index in [0.29, 0.717) is 18.7 Å². The SMILES string of the molecule is O=CCCCCCCOc1ccc(N=O)cc1. The van der Waals surface area contributed by atoms with Crippen molar-refractivity contribution in [3.8, 4) is 5.75 Å². The summed E-state index contributed by atoms with van der Waals surface area (Å²) in [6.07, 6.45) is 5.69. The number of benzene rings is 1. The lowest BCUT2D eigenvalue weighted by atomic mass is 10.2. The number of nitrogens with zero attached hydrogens (tertiary/aromatic N) is 1. The number of carbonyl (C=O) groups is 1. The molecule has 0 unspecified atom stereocenters. The van der Waals surface area contributed by atoms with Crippen LogP contribution in [0.2, 0.25) is 0 Å². The van der Waals surface area contributed by atoms with Crippen LogP contribution in [0.4, 0.5) is 5.69 Å². The van der Waals surface area contributed by atoms with E-state index in [9.17, 15) is 9.70 Å². The molecule has 4 heteroatoms. The smallest absolute Gasteiger partial charge is 0.119 e. The van der Waals surface area contributed by atoms with E-state index >= 15 is 0 Å². The summed E-state index contributed by atoms with van der Waals surface area (Å²) in [6.45, 7) is 0.662. The summed E-state index contributed by atoms with van der Waals surface area (Å²) in [7, 11) is 0. The van der Waals surface area contributed by atoms with Crippen LogP contribution in [-0.2, 0) is 4.79 Å². The Labute approximate surface area is 101 Å². The van der Waals surface area contributed by atoms with Gasteiger partial charge in [0, 0.05) is 6.42 Å². The largest absolute Gasteiger partial charge is 0.494 e. The van der Waals surface area contributed by atoms with Gasteiger partial charge >= 0.3 is 0 Å². The van der Waals surface area contributed by atoms with Gasteiger partial charge in [-0.25, -0.2) is 0 Å². The van der Waals surface area contributed by atoms with Crippen LogP contribution >= 0.6 is 0 Å². The molecule has 92 valence electrons. The van der Waals surface area contributed by atoms with Gasteiger partial charge in [-0.2, -0.15) is 0 Å². The standard InChI is InChI=1S/C13H17NO3/c15-10-4-2-1-3-5-11-17-13-8-6-12(14-16)7-9-13/h6-10H,1-5,11H2. The molecule has 1 aromatic carbocycles. The number of rotatable bonds is 9. The number of aldehydes is 1. The van der Waals surface area contributed by atoms with E-state index in [1.54, 1.807) is 24.3 Å². The molecule has 0 amide bonds. The molecule has 0 N–H and O–H groups in total. The van der Waals surface area contributed by atoms with Crippen LogP contribution in [0.1, 0.15) is 32.1 Å². The van der Waals surface area contributed by atoms with Crippen molar-refractivity contribution < 1.29 is 9.53 Å². The van der Waals surface area contributed by atoms with Gasteiger partial charge in [0.05, 0.1) is 6.61 Å². The van der Waals surface area contributed by atoms with Crippen molar-refractivity contribution >= 4 is 12.0 Å². The highest BCUT2D eigenvalue weighted by Gasteiger charge is 1.95. The topological polar surface area (TPSA) is 55.7 Å². The van der Waals surface area contributed by atoms with Gasteiger partial charge < -0.3 is 9.53 Å². The van der Waals surface area contributed by atoms with E-state index in [-0.39, 0.29) is 0 Å². The van der Waals surface area contributed by atoms with Crippen molar-refractivity contribution in [2.45, 2.75) is 32.1 Å². The molecule has 0 spiro atoms. The predicted octanol–water partition coefficient (Wildman–Crippen LogP) is 3.61. The Kier molecular flexibility index (Phi) is 6.63. The third-order valence-electron chi connectivity index (χ3n) is 2.43. The number of ether oxygens (including phenoxy) is 1. The average molecular weight is 235 g/mol. The lowest BCUT2D eigenvalue weighted by molar-refractivity contribution is -0.107. The lowest BCUT2D eigenvalue weighted by Gasteiger charge is -2.05. The zero-order valence-electron chi connectivity index (χ0n) is 9.80. The Hall–Kier alpha value is -1.71. The van der Waals surface area contributed by atoms with Crippen LogP contribution in [0, 0.1) is 4.91 Å². The fraction of sp³-hybridized carbons (Fsp3) is 0.462. The second kappa shape index (κ2) is 8.44. The van der Waals surface area contributed by atoms with Gasteiger partial charge in [0.1, 0.15) is 17.7 Å². The molecule has 0 saturated heterocycles. The lowest BCUT2D eigenvalue weighted by Crippen LogP contribution is -1.96. The van der Waals surface area contributed by atoms with Crippen LogP contribution in [0.15, 0.2) is 29.4 Å². The highest BCUT2D eigenvalue weighted by molar-refractivity contribution is 5.48. The number of carbonyl (C=O) groups excluding carboxylic acids is 1. The highest BCUT2D eigenvalue weighted by Crippen LogP contribution is 2.17. The number of hydrogen-bond acceptors (Lipinski definition) is 4. The molecule has 0 atom stereocenters. The summed E-state index contributed by atoms with van der Waals surface area (Å²) in [5.74, 6) is 0.755. The Bertz CT molecular complexity index is 335. The van der Waals surface area contributed by atoms with Gasteiger partial charge in [0.25, 0.3) is 0 Å². The Balaban J connectivity index is 2.09. The van der Waals surface area contributed by atoms with Crippen molar-refractivity contribution in [3.05, 3.63) is 29.2 Å². The monoisotopic (exact) mass is 235 g/mol. The molecule has 0 aliphatic rings. The summed E-state index contributed by atoms with van der Waals surface area (Å²) < 4.78 is 5.50. The maximum atomic E-state index is 10.2. The zero-order valence-corrected chi connectivity index (χ0v) is 9.80. The third kappa shape index (κ3) is 5.80. The van der Waals surface area contributed by atoms with Gasteiger partial charge in [-0.05, 0) is 42.3 Å². The van der Waals surface area contributed by atoms with Crippen LogP contribution in [-0.4, -0.2) is 12.9 Å². The second-order valence-electron chi connectivity index (χ2n) is 3.80. The molecule has 0 fully saturated rings. The molecule has 1 rings (SSSR count). The summed E-state index contributed by atoms with van der Waals surface area (Å²) in [6, 6.07) is 6.74. The van der Waals surface area contributed by atoms with Crippen molar-refractivity contribution in [1.82, 2.24) is 0 Å². The fourth-order valence-corrected chi connectivity index (χ4v) is 1.48. The first-order valence-corrected chi connectivity index (χ1v) is 5.86. The number of nitroso groups, excluding NO2 is 1. The normalized spacial score (nSPS) is 9.88. The molecular weight excluding hydrogens is 218 g/mol. The minimum absolute atomic E-state index is 0.409. The predicted molar refractivity (Wildman–Crippen MR) is 66.5 cm³/mol. The van der Waals surface area contributed by atoms with Crippen LogP contribution < -0.4 is 4.74 Å². The summed E-state index contributed by atoms with van der Waals surface area (Å²) in [5.41, 5.74) is 0.409. The van der Waals surface area contributed by atoms with Crippen LogP contribution in [0.25, 0.3) is 0 Å². The van der Waals surface area contributed by atoms with E-state index in [2.05, 4.69) is 5.18 Å². The van der Waals surface area contributed by atoms with Gasteiger partial charge in [-0.1, -0.05) is 12.8 Å². The molecule has 0 aliphatic heterocycles. The number of hydrogen-bond donors (Lipinski definition) is 0. The minimum atomic E-state index is 0.409. The molecule has 4 nitrogen and oxygen atoms in total. The van der Waals surface area contributed by atoms with Crippen LogP contribution in [0.3, 0.4) is 0 Å². The quantitative estimate of drug-likeness (QED) is 0.373. The molecule has 0 heterocycles. The molecule has 17 heavy (non-hydrogen) atoms. The molecule has 0 saturated carbocycles. The molecule has 1 aromatic rings. The first kappa shape index (κ1) is 13.4. The first-order valence-electron chi connectivity index (χ1n) is 5.86. The van der Waals surface area contributed by atoms with Crippen molar-refractivity contribution in [1.29, 1.82) is 0 Å². The molecule has 0 aromatic heterocycles. The van der Waals surface area contributed by atoms with Crippen LogP contribution in [0.5, 0.6) is 5.75 Å². The average Bonchev–Trinajstić information content (AvgIpc) is 2.38. The molecule has 0 bridgehead atoms. The first-order chi connectivity index (χ1) is 8.36. The van der Waals surface area contributed by atoms with Crippen molar-refractivity contribution in [3.63, 3.8) is 0 Å². The highest BCUT2D eigenvalue weighted by atomic mass is 16.5. The Morgan fingerprint density at radius 2 is 1.76 bits per heavy atom. The maximum absolute atomic E-state index is 10.2. The van der Waals surface area contributed by atoms with Gasteiger partial charge in [0.2, 0.25) is 0 Å². The number of unbranched alkanes of at least 4 members (excludes halogenated alkanes) is 4. The summed E-state index contributed by atoms with van der Waals surface area (Å²) in [5, 5.41) is 2.82. The minimum Gasteiger partial charge on any atom is -0.494 e. The van der Waals surface area contributed by atoms with E-state index < -0.39 is 0 Å². The zero-order chi connectivity index (χ0) is 12.3. The maximum Gasteiger partial charge on any atom is 0.119 e. The second-order valence-corrected chi connectivity index (χ2v) is 3.80. The van der Waals surface area contributed by atoms with E-state index in [4.69, 9.17) is 4.74 Å². The Morgan fingerprint density at radius 1 is 1.06 bits per heavy atom. The van der Waals surface area contributed by atoms with Gasteiger partial charge in [-0.15, -0.1) is 4.91 Å². The van der Waals surface area contributed by atoms with E-state index in [0.717, 1.165) is 37.7 Å². The van der Waals surface area contributed by atoms with E-state index in [1.807, 2.05) is 0 Å². The van der Waals surface area contributed by atoms with E-state index in [1.165, 1.54) is 0 Å². The molecule has 0 aliphatic carbocycles. The molecular formula is C13H17NO3. The van der Waals surface area contributed by atoms with Gasteiger partial charge in [0.15, 0.2) is 0 Å².